The molecule has 5 heteroatoms. The van der Waals surface area contributed by atoms with E-state index in [1.165, 1.54) is 11.3 Å². The molecule has 1 aliphatic heterocycles. The Bertz CT molecular complexity index is 549. The summed E-state index contributed by atoms with van der Waals surface area (Å²) in [5, 5.41) is 0. The van der Waals surface area contributed by atoms with Gasteiger partial charge in [-0.25, -0.2) is 0 Å². The van der Waals surface area contributed by atoms with Crippen molar-refractivity contribution in [2.75, 3.05) is 17.2 Å². The summed E-state index contributed by atoms with van der Waals surface area (Å²) in [6, 6.07) is 6.19. The predicted molar refractivity (Wildman–Crippen MR) is 69.0 cm³/mol. The fourth-order valence-electron chi connectivity index (χ4n) is 2.28. The van der Waals surface area contributed by atoms with Gasteiger partial charge in [0.2, 0.25) is 0 Å². The minimum absolute atomic E-state index is 0.794. The first kappa shape index (κ1) is 11.1. The van der Waals surface area contributed by atoms with Gasteiger partial charge in [-0.2, -0.15) is 0 Å². The summed E-state index contributed by atoms with van der Waals surface area (Å²) in [5.74, 6) is 0. The molecule has 0 saturated carbocycles. The van der Waals surface area contributed by atoms with Gasteiger partial charge in [-0.15, -0.1) is 0 Å². The zero-order chi connectivity index (χ0) is 11.8. The Morgan fingerprint density at radius 3 is 3.06 bits per heavy atom. The van der Waals surface area contributed by atoms with Crippen LogP contribution in [0.1, 0.15) is 11.3 Å². The van der Waals surface area contributed by atoms with Gasteiger partial charge in [-0.05, 0) is 0 Å². The van der Waals surface area contributed by atoms with Crippen LogP contribution in [0, 0.1) is 0 Å². The molecule has 0 atom stereocenters. The molecule has 17 heavy (non-hydrogen) atoms. The first-order chi connectivity index (χ1) is 8.22. The molecule has 3 rings (SSSR count). The van der Waals surface area contributed by atoms with E-state index in [1.54, 1.807) is 0 Å². The minimum atomic E-state index is 0.794. The molecule has 2 heterocycles. The third kappa shape index (κ3) is 2.18. The summed E-state index contributed by atoms with van der Waals surface area (Å²) >= 11 is 0.794. The van der Waals surface area contributed by atoms with Crippen molar-refractivity contribution in [3.05, 3.63) is 42.0 Å². The standard InChI is InChI=1S/C12H13N4.Tl/c13-10-2-1-9-3-4-16(12(9)5-10)7-11-6-14-8-15-11;/h1-2,5-6,8H,3-4,7,13H2;/q-1;+1. The van der Waals surface area contributed by atoms with Gasteiger partial charge in [-0.1, -0.05) is 0 Å². The quantitative estimate of drug-likeness (QED) is 0.585. The number of nitrogens with zero attached hydrogens (tertiary/aromatic N) is 3. The van der Waals surface area contributed by atoms with E-state index in [4.69, 9.17) is 5.73 Å². The number of anilines is 2. The number of aromatic nitrogens is 2. The summed E-state index contributed by atoms with van der Waals surface area (Å²) in [6.45, 7) is 1.95. The third-order valence-electron chi connectivity index (χ3n) is 3.11. The van der Waals surface area contributed by atoms with Gasteiger partial charge in [0.25, 0.3) is 0 Å². The van der Waals surface area contributed by atoms with Crippen LogP contribution >= 0.6 is 0 Å². The van der Waals surface area contributed by atoms with Crippen LogP contribution in [0.3, 0.4) is 0 Å². The Hall–Kier alpha value is -1.05. The van der Waals surface area contributed by atoms with Gasteiger partial charge < -0.3 is 0 Å². The number of hydrogen-bond donors (Lipinski definition) is 1. The van der Waals surface area contributed by atoms with E-state index < -0.39 is 0 Å². The first-order valence-electron chi connectivity index (χ1n) is 5.63. The van der Waals surface area contributed by atoms with Gasteiger partial charge in [-0.3, -0.25) is 0 Å². The van der Waals surface area contributed by atoms with Crippen LogP contribution in [-0.4, -0.2) is 40.0 Å². The van der Waals surface area contributed by atoms with Crippen molar-refractivity contribution in [1.82, 2.24) is 7.36 Å². The second kappa shape index (κ2) is 4.32. The van der Waals surface area contributed by atoms with E-state index in [2.05, 4.69) is 30.6 Å². The SMILES string of the molecule is Nc1ccc2c(c1)N(Cc1c[n]([Tl])cn1)CC2. The molecular formula is C12H13N4Tl. The van der Waals surface area contributed by atoms with Crippen molar-refractivity contribution < 1.29 is 0 Å². The van der Waals surface area contributed by atoms with Crippen LogP contribution in [0.25, 0.3) is 0 Å². The van der Waals surface area contributed by atoms with Crippen LogP contribution in [-0.2, 0) is 13.0 Å². The third-order valence-corrected chi connectivity index (χ3v) is 4.21. The van der Waals surface area contributed by atoms with E-state index >= 15 is 0 Å². The Morgan fingerprint density at radius 1 is 1.41 bits per heavy atom. The topological polar surface area (TPSA) is 47.1 Å². The second-order valence-electron chi connectivity index (χ2n) is 4.37. The van der Waals surface area contributed by atoms with Crippen molar-refractivity contribution in [3.8, 4) is 0 Å². The Balaban J connectivity index is 1.86. The molecule has 0 saturated heterocycles. The van der Waals surface area contributed by atoms with Crippen molar-refractivity contribution in [2.24, 2.45) is 0 Å². The normalized spacial score (nSPS) is 13.9. The number of fused-ring (bicyclic) bond motifs is 1. The maximum atomic E-state index is 5.85. The van der Waals surface area contributed by atoms with E-state index in [9.17, 15) is 0 Å². The number of benzene rings is 1. The maximum absolute atomic E-state index is 5.85. The fraction of sp³-hybridized carbons (Fsp3) is 0.250. The van der Waals surface area contributed by atoms with Crippen LogP contribution in [0.2, 0.25) is 0 Å². The molecule has 4 nitrogen and oxygen atoms in total. The Morgan fingerprint density at radius 2 is 2.29 bits per heavy atom. The van der Waals surface area contributed by atoms with Crippen LogP contribution in [0.4, 0.5) is 11.4 Å². The molecule has 0 radical (unpaired) electrons. The Labute approximate surface area is 117 Å². The molecule has 0 aliphatic carbocycles. The number of hydrogen-bond acceptors (Lipinski definition) is 3. The van der Waals surface area contributed by atoms with Gasteiger partial charge in [0.15, 0.2) is 0 Å². The fourth-order valence-corrected chi connectivity index (χ4v) is 3.21. The molecule has 0 unspecified atom stereocenters. The average Bonchev–Trinajstić information content (AvgIpc) is 2.87. The summed E-state index contributed by atoms with van der Waals surface area (Å²) < 4.78 is 2.14. The molecule has 1 aromatic heterocycles. The molecule has 0 bridgehead atoms. The number of nitrogens with two attached hydrogens (primary N) is 1. The van der Waals surface area contributed by atoms with Gasteiger partial charge in [0, 0.05) is 0 Å². The van der Waals surface area contributed by atoms with Crippen LogP contribution < -0.4 is 10.6 Å². The molecule has 1 aromatic carbocycles. The molecule has 0 fully saturated rings. The Kier molecular flexibility index (Phi) is 2.81. The summed E-state index contributed by atoms with van der Waals surface area (Å²) in [4.78, 5) is 6.77. The molecule has 2 aromatic rings. The van der Waals surface area contributed by atoms with Crippen molar-refractivity contribution in [2.45, 2.75) is 13.0 Å². The molecule has 0 spiro atoms. The summed E-state index contributed by atoms with van der Waals surface area (Å²) in [7, 11) is 0. The summed E-state index contributed by atoms with van der Waals surface area (Å²) in [6.07, 6.45) is 5.16. The van der Waals surface area contributed by atoms with Gasteiger partial charge in [0.1, 0.15) is 0 Å². The van der Waals surface area contributed by atoms with Crippen molar-refractivity contribution >= 4 is 37.4 Å². The average molecular weight is 418 g/mol. The van der Waals surface area contributed by atoms with Gasteiger partial charge >= 0.3 is 117 Å². The number of nitrogen functional groups attached to an aromatic ring is 1. The second-order valence-corrected chi connectivity index (χ2v) is 6.69. The molecule has 1 aliphatic rings. The monoisotopic (exact) mass is 418 g/mol. The predicted octanol–water partition coefficient (Wildman–Crippen LogP) is 0.960. The van der Waals surface area contributed by atoms with E-state index in [0.29, 0.717) is 0 Å². The van der Waals surface area contributed by atoms with Crippen molar-refractivity contribution in [3.63, 3.8) is 0 Å². The molecule has 84 valence electrons. The molecule has 2 N–H and O–H groups in total. The zero-order valence-corrected chi connectivity index (χ0v) is 14.0. The summed E-state index contributed by atoms with van der Waals surface area (Å²) in [5.41, 5.74) is 10.5. The zero-order valence-electron chi connectivity index (χ0n) is 9.50. The molecular weight excluding hydrogens is 405 g/mol. The van der Waals surface area contributed by atoms with Crippen LogP contribution in [0.15, 0.2) is 30.7 Å². The first-order valence-corrected chi connectivity index (χ1v) is 7.64. The number of imidazole rings is 1. The number of rotatable bonds is 2. The molecule has 0 amide bonds. The van der Waals surface area contributed by atoms with Crippen molar-refractivity contribution in [1.29, 1.82) is 0 Å². The van der Waals surface area contributed by atoms with E-state index in [0.717, 1.165) is 57.0 Å². The van der Waals surface area contributed by atoms with E-state index in [1.807, 2.05) is 12.4 Å². The van der Waals surface area contributed by atoms with Crippen LogP contribution in [0.5, 0.6) is 0 Å². The van der Waals surface area contributed by atoms with Gasteiger partial charge in [0.05, 0.1) is 0 Å². The van der Waals surface area contributed by atoms with E-state index in [-0.39, 0.29) is 0 Å².